The lowest BCUT2D eigenvalue weighted by Crippen LogP contribution is -2.63. The Morgan fingerprint density at radius 2 is 1.92 bits per heavy atom. The van der Waals surface area contributed by atoms with Crippen molar-refractivity contribution in [3.8, 4) is 0 Å². The highest BCUT2D eigenvalue weighted by Crippen LogP contribution is 2.35. The van der Waals surface area contributed by atoms with Gasteiger partial charge in [-0.25, -0.2) is 0 Å². The van der Waals surface area contributed by atoms with E-state index in [2.05, 4.69) is 19.2 Å². The van der Waals surface area contributed by atoms with Crippen molar-refractivity contribution in [1.29, 1.82) is 0 Å². The first-order valence-corrected chi connectivity index (χ1v) is 4.32. The van der Waals surface area contributed by atoms with Gasteiger partial charge < -0.3 is 11.1 Å². The molecule has 1 heterocycles. The van der Waals surface area contributed by atoms with Crippen LogP contribution >= 0.6 is 0 Å². The van der Waals surface area contributed by atoms with Crippen LogP contribution in [0.5, 0.6) is 0 Å². The van der Waals surface area contributed by atoms with E-state index in [1.807, 2.05) is 13.8 Å². The highest BCUT2D eigenvalue weighted by molar-refractivity contribution is 5.83. The molecule has 3 heteroatoms. The highest BCUT2D eigenvalue weighted by atomic mass is 16.2. The molecule has 0 aromatic rings. The smallest absolute Gasteiger partial charge is 0.227 e. The summed E-state index contributed by atoms with van der Waals surface area (Å²) >= 11 is 0. The van der Waals surface area contributed by atoms with Crippen LogP contribution in [0, 0.1) is 10.8 Å². The SMILES string of the molecule is CC1(C)CNC(=O)C(C)(C)C1N. The molecule has 1 aliphatic heterocycles. The molecular formula is C9H18N2O. The molecule has 0 aromatic carbocycles. The van der Waals surface area contributed by atoms with Gasteiger partial charge in [-0.2, -0.15) is 0 Å². The van der Waals surface area contributed by atoms with Gasteiger partial charge >= 0.3 is 0 Å². The molecule has 3 nitrogen and oxygen atoms in total. The molecule has 1 atom stereocenters. The van der Waals surface area contributed by atoms with E-state index in [0.29, 0.717) is 6.54 Å². The quantitative estimate of drug-likeness (QED) is 0.556. The van der Waals surface area contributed by atoms with E-state index in [1.54, 1.807) is 0 Å². The van der Waals surface area contributed by atoms with E-state index in [1.165, 1.54) is 0 Å². The maximum absolute atomic E-state index is 11.4. The van der Waals surface area contributed by atoms with E-state index in [4.69, 9.17) is 5.73 Å². The molecule has 70 valence electrons. The highest BCUT2D eigenvalue weighted by Gasteiger charge is 2.46. The number of amides is 1. The summed E-state index contributed by atoms with van der Waals surface area (Å²) in [6.45, 7) is 8.63. The fraction of sp³-hybridized carbons (Fsp3) is 0.889. The Labute approximate surface area is 73.7 Å². The second-order valence-electron chi connectivity index (χ2n) is 4.87. The Balaban J connectivity index is 2.93. The van der Waals surface area contributed by atoms with Gasteiger partial charge in [-0.3, -0.25) is 4.79 Å². The maximum Gasteiger partial charge on any atom is 0.227 e. The largest absolute Gasteiger partial charge is 0.355 e. The minimum atomic E-state index is -0.443. The van der Waals surface area contributed by atoms with Gasteiger partial charge in [0.15, 0.2) is 0 Å². The van der Waals surface area contributed by atoms with Crippen molar-refractivity contribution < 1.29 is 4.79 Å². The van der Waals surface area contributed by atoms with Crippen molar-refractivity contribution in [1.82, 2.24) is 5.32 Å². The van der Waals surface area contributed by atoms with E-state index < -0.39 is 5.41 Å². The molecule has 0 bridgehead atoms. The summed E-state index contributed by atoms with van der Waals surface area (Å²) in [6.07, 6.45) is 0. The third-order valence-electron chi connectivity index (χ3n) is 2.91. The van der Waals surface area contributed by atoms with Gasteiger partial charge in [0.1, 0.15) is 0 Å². The van der Waals surface area contributed by atoms with Crippen molar-refractivity contribution in [3.05, 3.63) is 0 Å². The van der Waals surface area contributed by atoms with Crippen molar-refractivity contribution >= 4 is 5.91 Å². The fourth-order valence-corrected chi connectivity index (χ4v) is 1.76. The number of hydrogen-bond donors (Lipinski definition) is 2. The van der Waals surface area contributed by atoms with Gasteiger partial charge in [-0.15, -0.1) is 0 Å². The number of carbonyl (C=O) groups excluding carboxylic acids is 1. The average Bonchev–Trinajstić information content (AvgIpc) is 1.96. The van der Waals surface area contributed by atoms with E-state index in [0.717, 1.165) is 0 Å². The molecule has 3 N–H and O–H groups in total. The summed E-state index contributed by atoms with van der Waals surface area (Å²) < 4.78 is 0. The Morgan fingerprint density at radius 1 is 1.42 bits per heavy atom. The van der Waals surface area contributed by atoms with Crippen LogP contribution in [0.2, 0.25) is 0 Å². The maximum atomic E-state index is 11.4. The minimum absolute atomic E-state index is 0.00257. The van der Waals surface area contributed by atoms with Crippen molar-refractivity contribution in [2.45, 2.75) is 33.7 Å². The third-order valence-corrected chi connectivity index (χ3v) is 2.91. The zero-order valence-corrected chi connectivity index (χ0v) is 8.27. The summed E-state index contributed by atoms with van der Waals surface area (Å²) in [5.41, 5.74) is 5.57. The molecule has 0 radical (unpaired) electrons. The average molecular weight is 170 g/mol. The van der Waals surface area contributed by atoms with Crippen LogP contribution in [0.4, 0.5) is 0 Å². The normalized spacial score (nSPS) is 32.8. The van der Waals surface area contributed by atoms with E-state index >= 15 is 0 Å². The summed E-state index contributed by atoms with van der Waals surface area (Å²) in [5.74, 6) is 0.0642. The van der Waals surface area contributed by atoms with Crippen LogP contribution in [0.1, 0.15) is 27.7 Å². The Hall–Kier alpha value is -0.570. The molecule has 0 saturated carbocycles. The van der Waals surface area contributed by atoms with Crippen LogP contribution in [0.3, 0.4) is 0 Å². The van der Waals surface area contributed by atoms with Gasteiger partial charge in [0.2, 0.25) is 5.91 Å². The standard InChI is InChI=1S/C9H18N2O/c1-8(2)5-11-7(12)9(3,4)6(8)10/h6H,5,10H2,1-4H3,(H,11,12). The van der Waals surface area contributed by atoms with Crippen molar-refractivity contribution in [2.75, 3.05) is 6.54 Å². The Bertz CT molecular complexity index is 209. The first-order chi connectivity index (χ1) is 5.28. The van der Waals surface area contributed by atoms with Gasteiger partial charge in [0.25, 0.3) is 0 Å². The molecule has 0 aliphatic carbocycles. The molecule has 0 spiro atoms. The molecule has 1 rings (SSSR count). The van der Waals surface area contributed by atoms with Crippen molar-refractivity contribution in [3.63, 3.8) is 0 Å². The second-order valence-corrected chi connectivity index (χ2v) is 4.87. The summed E-state index contributed by atoms with van der Waals surface area (Å²) in [4.78, 5) is 11.4. The zero-order valence-electron chi connectivity index (χ0n) is 8.27. The lowest BCUT2D eigenvalue weighted by Gasteiger charge is -2.46. The lowest BCUT2D eigenvalue weighted by molar-refractivity contribution is -0.136. The monoisotopic (exact) mass is 170 g/mol. The van der Waals surface area contributed by atoms with Crippen LogP contribution < -0.4 is 11.1 Å². The number of nitrogens with one attached hydrogen (secondary N) is 1. The number of hydrogen-bond acceptors (Lipinski definition) is 2. The summed E-state index contributed by atoms with van der Waals surface area (Å²) in [7, 11) is 0. The van der Waals surface area contributed by atoms with Crippen LogP contribution in [0.25, 0.3) is 0 Å². The number of piperidine rings is 1. The molecule has 1 saturated heterocycles. The van der Waals surface area contributed by atoms with Gasteiger partial charge in [0, 0.05) is 12.6 Å². The summed E-state index contributed by atoms with van der Waals surface area (Å²) in [5, 5.41) is 2.87. The van der Waals surface area contributed by atoms with Gasteiger partial charge in [0.05, 0.1) is 5.41 Å². The van der Waals surface area contributed by atoms with Crippen LogP contribution in [0.15, 0.2) is 0 Å². The molecule has 1 fully saturated rings. The Morgan fingerprint density at radius 3 is 2.33 bits per heavy atom. The predicted octanol–water partition coefficient (Wildman–Crippen LogP) is 0.496. The molecular weight excluding hydrogens is 152 g/mol. The molecule has 1 amide bonds. The van der Waals surface area contributed by atoms with Crippen LogP contribution in [-0.2, 0) is 4.79 Å². The lowest BCUT2D eigenvalue weighted by atomic mass is 9.67. The molecule has 0 aromatic heterocycles. The first kappa shape index (κ1) is 9.52. The first-order valence-electron chi connectivity index (χ1n) is 4.32. The zero-order chi connectivity index (χ0) is 9.57. The second kappa shape index (κ2) is 2.46. The molecule has 1 aliphatic rings. The minimum Gasteiger partial charge on any atom is -0.355 e. The predicted molar refractivity (Wildman–Crippen MR) is 48.5 cm³/mol. The Kier molecular flexibility index (Phi) is 1.95. The van der Waals surface area contributed by atoms with Crippen molar-refractivity contribution in [2.24, 2.45) is 16.6 Å². The molecule has 1 unspecified atom stereocenters. The van der Waals surface area contributed by atoms with Gasteiger partial charge in [-0.05, 0) is 19.3 Å². The number of rotatable bonds is 0. The number of carbonyl (C=O) groups is 1. The summed E-state index contributed by atoms with van der Waals surface area (Å²) in [6, 6.07) is -0.0706. The topological polar surface area (TPSA) is 55.1 Å². The van der Waals surface area contributed by atoms with E-state index in [9.17, 15) is 4.79 Å². The van der Waals surface area contributed by atoms with Gasteiger partial charge in [-0.1, -0.05) is 13.8 Å². The fourth-order valence-electron chi connectivity index (χ4n) is 1.76. The number of nitrogens with two attached hydrogens (primary N) is 1. The van der Waals surface area contributed by atoms with Crippen LogP contribution in [-0.4, -0.2) is 18.5 Å². The molecule has 12 heavy (non-hydrogen) atoms. The third kappa shape index (κ3) is 1.22. The van der Waals surface area contributed by atoms with E-state index in [-0.39, 0.29) is 17.4 Å².